The average molecular weight is 403 g/mol. The summed E-state index contributed by atoms with van der Waals surface area (Å²) in [6.07, 6.45) is 3.13. The van der Waals surface area contributed by atoms with Gasteiger partial charge in [0.15, 0.2) is 0 Å². The predicted octanol–water partition coefficient (Wildman–Crippen LogP) is 2.98. The van der Waals surface area contributed by atoms with Gasteiger partial charge in [-0.25, -0.2) is 0 Å². The molecule has 0 saturated carbocycles. The van der Waals surface area contributed by atoms with Crippen molar-refractivity contribution in [3.8, 4) is 5.88 Å². The molecular formula is C13H13Br2N3O2. The maximum absolute atomic E-state index is 8.71. The molecule has 0 saturated heterocycles. The van der Waals surface area contributed by atoms with Crippen molar-refractivity contribution < 1.29 is 9.84 Å². The van der Waals surface area contributed by atoms with Crippen molar-refractivity contribution in [2.24, 2.45) is 0 Å². The van der Waals surface area contributed by atoms with Gasteiger partial charge < -0.3 is 15.2 Å². The normalized spacial score (nSPS) is 10.3. The molecule has 0 unspecified atom stereocenters. The summed E-state index contributed by atoms with van der Waals surface area (Å²) in [5.74, 6) is 1.00. The van der Waals surface area contributed by atoms with Gasteiger partial charge in [-0.05, 0) is 23.8 Å². The van der Waals surface area contributed by atoms with Gasteiger partial charge in [-0.3, -0.25) is 4.98 Å². The van der Waals surface area contributed by atoms with Crippen LogP contribution >= 0.6 is 31.9 Å². The van der Waals surface area contributed by atoms with E-state index in [0.717, 1.165) is 14.5 Å². The van der Waals surface area contributed by atoms with Crippen LogP contribution in [0.4, 0.5) is 5.82 Å². The third kappa shape index (κ3) is 4.43. The maximum Gasteiger partial charge on any atom is 0.234 e. The third-order valence-corrected chi connectivity index (χ3v) is 3.69. The van der Waals surface area contributed by atoms with Gasteiger partial charge in [0.1, 0.15) is 12.4 Å². The highest BCUT2D eigenvalue weighted by Crippen LogP contribution is 2.22. The van der Waals surface area contributed by atoms with Crippen molar-refractivity contribution >= 4 is 37.7 Å². The van der Waals surface area contributed by atoms with Crippen LogP contribution in [0.5, 0.6) is 5.88 Å². The number of rotatable bonds is 6. The Morgan fingerprint density at radius 2 is 2.10 bits per heavy atom. The molecule has 1 aromatic heterocycles. The number of aromatic nitrogens is 2. The summed E-state index contributed by atoms with van der Waals surface area (Å²) in [7, 11) is 0. The second-order valence-corrected chi connectivity index (χ2v) is 5.67. The quantitative estimate of drug-likeness (QED) is 0.777. The summed E-state index contributed by atoms with van der Waals surface area (Å²) in [4.78, 5) is 8.28. The molecule has 20 heavy (non-hydrogen) atoms. The third-order valence-electron chi connectivity index (χ3n) is 2.42. The molecule has 0 atom stereocenters. The van der Waals surface area contributed by atoms with Gasteiger partial charge in [-0.15, -0.1) is 0 Å². The van der Waals surface area contributed by atoms with Crippen LogP contribution in [0.1, 0.15) is 5.56 Å². The lowest BCUT2D eigenvalue weighted by molar-refractivity contribution is 0.196. The zero-order chi connectivity index (χ0) is 14.4. The summed E-state index contributed by atoms with van der Waals surface area (Å²) in [6.45, 7) is 0.762. The van der Waals surface area contributed by atoms with Crippen LogP contribution in [0.15, 0.2) is 39.5 Å². The van der Waals surface area contributed by atoms with Crippen LogP contribution in [0.25, 0.3) is 0 Å². The fraction of sp³-hybridized carbons (Fsp3) is 0.231. The van der Waals surface area contributed by atoms with Gasteiger partial charge in [-0.1, -0.05) is 31.9 Å². The van der Waals surface area contributed by atoms with Crippen LogP contribution in [0.2, 0.25) is 0 Å². The van der Waals surface area contributed by atoms with Crippen molar-refractivity contribution in [1.82, 2.24) is 9.97 Å². The largest absolute Gasteiger partial charge is 0.474 e. The molecule has 1 heterocycles. The zero-order valence-corrected chi connectivity index (χ0v) is 13.7. The van der Waals surface area contributed by atoms with Crippen LogP contribution in [0.3, 0.4) is 0 Å². The molecule has 0 spiro atoms. The van der Waals surface area contributed by atoms with E-state index in [4.69, 9.17) is 9.84 Å². The number of aliphatic hydroxyl groups excluding tert-OH is 1. The molecule has 0 aliphatic rings. The van der Waals surface area contributed by atoms with E-state index in [0.29, 0.717) is 18.2 Å². The highest BCUT2D eigenvalue weighted by Gasteiger charge is 2.03. The summed E-state index contributed by atoms with van der Waals surface area (Å²) in [6, 6.07) is 5.97. The number of aliphatic hydroxyl groups is 1. The van der Waals surface area contributed by atoms with Gasteiger partial charge in [-0.2, -0.15) is 4.98 Å². The molecule has 5 nitrogen and oxygen atoms in total. The number of nitrogens with one attached hydrogen (secondary N) is 1. The molecule has 0 fully saturated rings. The van der Waals surface area contributed by atoms with Crippen molar-refractivity contribution in [3.05, 3.63) is 45.1 Å². The highest BCUT2D eigenvalue weighted by molar-refractivity contribution is 9.11. The predicted molar refractivity (Wildman–Crippen MR) is 83.8 cm³/mol. The molecule has 0 aliphatic heterocycles. The molecule has 0 radical (unpaired) electrons. The van der Waals surface area contributed by atoms with Crippen molar-refractivity contribution in [2.75, 3.05) is 18.5 Å². The van der Waals surface area contributed by atoms with Crippen LogP contribution < -0.4 is 10.1 Å². The van der Waals surface area contributed by atoms with Gasteiger partial charge in [0.2, 0.25) is 5.88 Å². The van der Waals surface area contributed by atoms with Crippen LogP contribution in [-0.4, -0.2) is 28.3 Å². The van der Waals surface area contributed by atoms with E-state index in [2.05, 4.69) is 47.1 Å². The SMILES string of the molecule is OCCOc1cncc(NCc2cc(Br)ccc2Br)n1. The first-order chi connectivity index (χ1) is 9.69. The van der Waals surface area contributed by atoms with Gasteiger partial charge in [0, 0.05) is 15.5 Å². The molecule has 0 bridgehead atoms. The summed E-state index contributed by atoms with van der Waals surface area (Å²) in [5.41, 5.74) is 1.10. The Balaban J connectivity index is 2.01. The molecule has 7 heteroatoms. The molecular weight excluding hydrogens is 390 g/mol. The van der Waals surface area contributed by atoms with E-state index in [1.807, 2.05) is 18.2 Å². The number of benzene rings is 1. The zero-order valence-electron chi connectivity index (χ0n) is 10.5. The molecule has 0 amide bonds. The smallest absolute Gasteiger partial charge is 0.234 e. The second-order valence-electron chi connectivity index (χ2n) is 3.90. The Bertz CT molecular complexity index is 581. The summed E-state index contributed by atoms with van der Waals surface area (Å²) >= 11 is 6.95. The molecule has 0 aliphatic carbocycles. The Labute approximate surface area is 133 Å². The maximum atomic E-state index is 8.71. The van der Waals surface area contributed by atoms with E-state index in [1.54, 1.807) is 6.20 Å². The number of halogens is 2. The Morgan fingerprint density at radius 3 is 2.90 bits per heavy atom. The number of anilines is 1. The molecule has 2 aromatic rings. The minimum absolute atomic E-state index is 0.0513. The van der Waals surface area contributed by atoms with Crippen LogP contribution in [0, 0.1) is 0 Å². The van der Waals surface area contributed by atoms with Gasteiger partial charge in [0.25, 0.3) is 0 Å². The molecule has 106 valence electrons. The van der Waals surface area contributed by atoms with Gasteiger partial charge in [0.05, 0.1) is 19.0 Å². The lowest BCUT2D eigenvalue weighted by atomic mass is 10.2. The van der Waals surface area contributed by atoms with Crippen LogP contribution in [-0.2, 0) is 6.54 Å². The van der Waals surface area contributed by atoms with Crippen molar-refractivity contribution in [1.29, 1.82) is 0 Å². The fourth-order valence-electron chi connectivity index (χ4n) is 1.52. The molecule has 1 aromatic carbocycles. The first-order valence-electron chi connectivity index (χ1n) is 5.92. The first-order valence-corrected chi connectivity index (χ1v) is 7.51. The van der Waals surface area contributed by atoms with Crippen molar-refractivity contribution in [2.45, 2.75) is 6.54 Å². The number of nitrogens with zero attached hydrogens (tertiary/aromatic N) is 2. The van der Waals surface area contributed by atoms with Crippen molar-refractivity contribution in [3.63, 3.8) is 0 Å². The average Bonchev–Trinajstić information content (AvgIpc) is 2.46. The van der Waals surface area contributed by atoms with Gasteiger partial charge >= 0.3 is 0 Å². The summed E-state index contributed by atoms with van der Waals surface area (Å²) < 4.78 is 7.25. The Hall–Kier alpha value is -1.18. The minimum atomic E-state index is -0.0513. The minimum Gasteiger partial charge on any atom is -0.474 e. The lowest BCUT2D eigenvalue weighted by Gasteiger charge is -2.09. The van der Waals surface area contributed by atoms with E-state index in [1.165, 1.54) is 6.20 Å². The second kappa shape index (κ2) is 7.56. The fourth-order valence-corrected chi connectivity index (χ4v) is 2.31. The number of hydrogen-bond acceptors (Lipinski definition) is 5. The summed E-state index contributed by atoms with van der Waals surface area (Å²) in [5, 5.41) is 11.9. The highest BCUT2D eigenvalue weighted by atomic mass is 79.9. The number of ether oxygens (including phenoxy) is 1. The monoisotopic (exact) mass is 401 g/mol. The van der Waals surface area contributed by atoms with E-state index in [9.17, 15) is 0 Å². The molecule has 2 rings (SSSR count). The first kappa shape index (κ1) is 15.2. The van der Waals surface area contributed by atoms with E-state index in [-0.39, 0.29) is 13.2 Å². The van der Waals surface area contributed by atoms with E-state index >= 15 is 0 Å². The Kier molecular flexibility index (Phi) is 5.75. The topological polar surface area (TPSA) is 67.3 Å². The lowest BCUT2D eigenvalue weighted by Crippen LogP contribution is -2.06. The molecule has 2 N–H and O–H groups in total. The van der Waals surface area contributed by atoms with E-state index < -0.39 is 0 Å². The number of hydrogen-bond donors (Lipinski definition) is 2. The Morgan fingerprint density at radius 1 is 1.25 bits per heavy atom. The standard InChI is InChI=1S/C13H13Br2N3O2/c14-10-1-2-11(15)9(5-10)6-17-12-7-16-8-13(18-12)20-4-3-19/h1-2,5,7-8,19H,3-4,6H2,(H,17,18).